The van der Waals surface area contributed by atoms with Gasteiger partial charge in [-0.3, -0.25) is 0 Å². The van der Waals surface area contributed by atoms with Crippen LogP contribution in [0.5, 0.6) is 0 Å². The van der Waals surface area contributed by atoms with Gasteiger partial charge in [0.15, 0.2) is 5.01 Å². The Balaban J connectivity index is 1.94. The van der Waals surface area contributed by atoms with Gasteiger partial charge in [-0.15, -0.1) is 21.5 Å². The summed E-state index contributed by atoms with van der Waals surface area (Å²) < 4.78 is 0. The summed E-state index contributed by atoms with van der Waals surface area (Å²) in [5, 5.41) is 14.1. The van der Waals surface area contributed by atoms with Gasteiger partial charge in [-0.1, -0.05) is 11.3 Å². The van der Waals surface area contributed by atoms with Gasteiger partial charge in [-0.05, 0) is 39.8 Å². The molecule has 0 saturated heterocycles. The van der Waals surface area contributed by atoms with Crippen LogP contribution in [0.1, 0.15) is 30.7 Å². The van der Waals surface area contributed by atoms with Crippen molar-refractivity contribution in [2.75, 3.05) is 6.54 Å². The Morgan fingerprint density at radius 3 is 2.56 bits per heavy atom. The van der Waals surface area contributed by atoms with Crippen LogP contribution < -0.4 is 5.32 Å². The minimum atomic E-state index is 0.165. The number of aryl methyl sites for hydroxylation is 1. The molecule has 0 aliphatic heterocycles. The number of rotatable bonds is 4. The van der Waals surface area contributed by atoms with Crippen molar-refractivity contribution in [3.05, 3.63) is 22.0 Å². The van der Waals surface area contributed by atoms with Crippen LogP contribution in [0, 0.1) is 6.92 Å². The van der Waals surface area contributed by atoms with Crippen molar-refractivity contribution in [3.8, 4) is 9.88 Å². The summed E-state index contributed by atoms with van der Waals surface area (Å²) in [5.74, 6) is 0. The molecule has 0 spiro atoms. The van der Waals surface area contributed by atoms with Crippen LogP contribution in [0.15, 0.2) is 12.1 Å². The van der Waals surface area contributed by atoms with Gasteiger partial charge in [0, 0.05) is 23.4 Å². The summed E-state index contributed by atoms with van der Waals surface area (Å²) in [4.78, 5) is 2.54. The van der Waals surface area contributed by atoms with Gasteiger partial charge >= 0.3 is 0 Å². The summed E-state index contributed by atoms with van der Waals surface area (Å²) >= 11 is 3.47. The lowest BCUT2D eigenvalue weighted by Gasteiger charge is -2.19. The molecule has 2 heterocycles. The molecule has 0 saturated carbocycles. The molecular weight excluding hydrogens is 262 g/mol. The monoisotopic (exact) mass is 281 g/mol. The third kappa shape index (κ3) is 3.86. The van der Waals surface area contributed by atoms with Gasteiger partial charge in [0.1, 0.15) is 5.01 Å². The van der Waals surface area contributed by atoms with E-state index in [9.17, 15) is 0 Å². The molecule has 0 radical (unpaired) electrons. The average Bonchev–Trinajstić information content (AvgIpc) is 2.85. The molecule has 0 aliphatic carbocycles. The standard InChI is InChI=1S/C13H19N3S2/c1-9-5-6-10(17-9)12-16-15-11(18-12)7-8-14-13(2,3)4/h5-6,14H,7-8H2,1-4H3. The predicted molar refractivity (Wildman–Crippen MR) is 79.4 cm³/mol. The van der Waals surface area contributed by atoms with E-state index in [-0.39, 0.29) is 5.54 Å². The van der Waals surface area contributed by atoms with E-state index in [1.807, 2.05) is 0 Å². The number of hydrogen-bond donors (Lipinski definition) is 1. The summed E-state index contributed by atoms with van der Waals surface area (Å²) in [5.41, 5.74) is 0.165. The Hall–Kier alpha value is -0.780. The summed E-state index contributed by atoms with van der Waals surface area (Å²) in [6.45, 7) is 9.58. The minimum Gasteiger partial charge on any atom is -0.312 e. The maximum Gasteiger partial charge on any atom is 0.157 e. The van der Waals surface area contributed by atoms with Crippen LogP contribution in [0.4, 0.5) is 0 Å². The molecule has 0 aliphatic rings. The molecule has 0 unspecified atom stereocenters. The SMILES string of the molecule is Cc1ccc(-c2nnc(CCNC(C)(C)C)s2)s1. The van der Waals surface area contributed by atoms with Gasteiger partial charge in [0.25, 0.3) is 0 Å². The van der Waals surface area contributed by atoms with E-state index in [0.717, 1.165) is 23.0 Å². The first-order valence-corrected chi connectivity index (χ1v) is 7.71. The molecule has 98 valence electrons. The van der Waals surface area contributed by atoms with Crippen molar-refractivity contribution in [1.29, 1.82) is 0 Å². The first kappa shape index (κ1) is 13.6. The first-order valence-electron chi connectivity index (χ1n) is 6.08. The molecule has 18 heavy (non-hydrogen) atoms. The minimum absolute atomic E-state index is 0.165. The van der Waals surface area contributed by atoms with Crippen molar-refractivity contribution in [2.45, 2.75) is 39.7 Å². The van der Waals surface area contributed by atoms with Gasteiger partial charge < -0.3 is 5.32 Å². The maximum atomic E-state index is 4.27. The van der Waals surface area contributed by atoms with E-state index < -0.39 is 0 Å². The molecule has 3 nitrogen and oxygen atoms in total. The van der Waals surface area contributed by atoms with Crippen molar-refractivity contribution < 1.29 is 0 Å². The van der Waals surface area contributed by atoms with E-state index in [1.54, 1.807) is 22.7 Å². The molecule has 0 amide bonds. The van der Waals surface area contributed by atoms with Crippen molar-refractivity contribution in [3.63, 3.8) is 0 Å². The maximum absolute atomic E-state index is 4.27. The predicted octanol–water partition coefficient (Wildman–Crippen LogP) is 3.51. The van der Waals surface area contributed by atoms with Gasteiger partial charge in [0.2, 0.25) is 0 Å². The number of nitrogens with zero attached hydrogens (tertiary/aromatic N) is 2. The van der Waals surface area contributed by atoms with Gasteiger partial charge in [-0.25, -0.2) is 0 Å². The quantitative estimate of drug-likeness (QED) is 0.932. The third-order valence-electron chi connectivity index (χ3n) is 2.41. The fraction of sp³-hybridized carbons (Fsp3) is 0.538. The zero-order valence-electron chi connectivity index (χ0n) is 11.3. The highest BCUT2D eigenvalue weighted by molar-refractivity contribution is 7.21. The Labute approximate surface area is 116 Å². The topological polar surface area (TPSA) is 37.8 Å². The van der Waals surface area contributed by atoms with Crippen molar-refractivity contribution in [1.82, 2.24) is 15.5 Å². The van der Waals surface area contributed by atoms with E-state index in [1.165, 1.54) is 9.75 Å². The largest absolute Gasteiger partial charge is 0.312 e. The number of thiophene rings is 1. The van der Waals surface area contributed by atoms with Crippen molar-refractivity contribution >= 4 is 22.7 Å². The third-order valence-corrected chi connectivity index (χ3v) is 4.57. The zero-order chi connectivity index (χ0) is 13.2. The number of hydrogen-bond acceptors (Lipinski definition) is 5. The lowest BCUT2D eigenvalue weighted by Crippen LogP contribution is -2.37. The van der Waals surface area contributed by atoms with Crippen LogP contribution in [0.25, 0.3) is 9.88 Å². The van der Waals surface area contributed by atoms with Crippen LogP contribution in [-0.2, 0) is 6.42 Å². The number of nitrogens with one attached hydrogen (secondary N) is 1. The van der Waals surface area contributed by atoms with Crippen LogP contribution >= 0.6 is 22.7 Å². The van der Waals surface area contributed by atoms with Crippen molar-refractivity contribution in [2.24, 2.45) is 0 Å². The number of aromatic nitrogens is 2. The Morgan fingerprint density at radius 2 is 1.94 bits per heavy atom. The lowest BCUT2D eigenvalue weighted by molar-refractivity contribution is 0.429. The first-order chi connectivity index (χ1) is 8.44. The van der Waals surface area contributed by atoms with E-state index in [0.29, 0.717) is 0 Å². The average molecular weight is 281 g/mol. The highest BCUT2D eigenvalue weighted by Gasteiger charge is 2.11. The van der Waals surface area contributed by atoms with Crippen LogP contribution in [0.3, 0.4) is 0 Å². The molecule has 2 rings (SSSR count). The van der Waals surface area contributed by atoms with Gasteiger partial charge in [-0.2, -0.15) is 0 Å². The fourth-order valence-corrected chi connectivity index (χ4v) is 3.30. The van der Waals surface area contributed by atoms with Crippen LogP contribution in [0.2, 0.25) is 0 Å². The summed E-state index contributed by atoms with van der Waals surface area (Å²) in [7, 11) is 0. The molecule has 5 heteroatoms. The normalized spacial score (nSPS) is 12.0. The van der Waals surface area contributed by atoms with E-state index in [4.69, 9.17) is 0 Å². The smallest absolute Gasteiger partial charge is 0.157 e. The molecule has 2 aromatic rings. The molecule has 2 aromatic heterocycles. The summed E-state index contributed by atoms with van der Waals surface area (Å²) in [6.07, 6.45) is 0.944. The highest BCUT2D eigenvalue weighted by atomic mass is 32.1. The lowest BCUT2D eigenvalue weighted by atomic mass is 10.1. The molecular formula is C13H19N3S2. The van der Waals surface area contributed by atoms with E-state index >= 15 is 0 Å². The second-order valence-corrected chi connectivity index (χ2v) is 7.69. The second kappa shape index (κ2) is 5.47. The fourth-order valence-electron chi connectivity index (χ4n) is 1.55. The molecule has 1 N–H and O–H groups in total. The molecule has 0 fully saturated rings. The Morgan fingerprint density at radius 1 is 1.17 bits per heavy atom. The Kier molecular flexibility index (Phi) is 4.14. The van der Waals surface area contributed by atoms with Crippen LogP contribution in [-0.4, -0.2) is 22.3 Å². The van der Waals surface area contributed by atoms with E-state index in [2.05, 4.69) is 55.3 Å². The highest BCUT2D eigenvalue weighted by Crippen LogP contribution is 2.29. The molecule has 0 aromatic carbocycles. The molecule has 0 atom stereocenters. The van der Waals surface area contributed by atoms with Gasteiger partial charge in [0.05, 0.1) is 4.88 Å². The Bertz CT molecular complexity index is 508. The summed E-state index contributed by atoms with van der Waals surface area (Å²) in [6, 6.07) is 4.25. The molecule has 0 bridgehead atoms. The second-order valence-electron chi connectivity index (χ2n) is 5.34. The zero-order valence-corrected chi connectivity index (χ0v) is 12.9.